The number of nitrogens with two attached hydrogens (primary N) is 1. The van der Waals surface area contributed by atoms with Crippen LogP contribution in [0.4, 0.5) is 0 Å². The molecular weight excluding hydrogens is 424 g/mol. The predicted molar refractivity (Wildman–Crippen MR) is 120 cm³/mol. The van der Waals surface area contributed by atoms with Gasteiger partial charge in [0.2, 0.25) is 17.7 Å². The molecule has 0 saturated heterocycles. The van der Waals surface area contributed by atoms with Gasteiger partial charge in [0.1, 0.15) is 24.2 Å². The molecule has 11 heteroatoms. The summed E-state index contributed by atoms with van der Waals surface area (Å²) in [5.74, 6) is -2.71. The standard InChI is InChI=1S/C20H38N4O6S/c1-10(2)9-14(20(29)30)23-19(28)16(11(3)4)24-17(26)13(7-8-31-6)22-18(27)15(21)12(5)25/h10-16,25H,7-9,21H2,1-6H3,(H,22,27)(H,23,28)(H,24,26)(H,29,30). The molecule has 0 saturated carbocycles. The van der Waals surface area contributed by atoms with E-state index in [4.69, 9.17) is 5.73 Å². The number of hydrogen-bond donors (Lipinski definition) is 6. The van der Waals surface area contributed by atoms with E-state index in [0.29, 0.717) is 12.2 Å². The number of carboxylic acids is 1. The van der Waals surface area contributed by atoms with Crippen molar-refractivity contribution in [2.45, 2.75) is 77.7 Å². The third kappa shape index (κ3) is 10.8. The van der Waals surface area contributed by atoms with Crippen LogP contribution in [0, 0.1) is 11.8 Å². The van der Waals surface area contributed by atoms with Crippen molar-refractivity contribution in [1.82, 2.24) is 16.0 Å². The molecule has 0 heterocycles. The molecule has 180 valence electrons. The van der Waals surface area contributed by atoms with Crippen LogP contribution in [0.2, 0.25) is 0 Å². The number of rotatable bonds is 14. The number of amides is 3. The summed E-state index contributed by atoms with van der Waals surface area (Å²) in [6.07, 6.45) is 1.31. The van der Waals surface area contributed by atoms with Crippen molar-refractivity contribution < 1.29 is 29.4 Å². The number of aliphatic hydroxyl groups is 1. The maximum absolute atomic E-state index is 12.9. The van der Waals surface area contributed by atoms with Crippen molar-refractivity contribution in [2.75, 3.05) is 12.0 Å². The molecule has 0 radical (unpaired) electrons. The zero-order valence-corrected chi connectivity index (χ0v) is 20.0. The number of carboxylic acid groups (broad SMARTS) is 1. The van der Waals surface area contributed by atoms with E-state index in [2.05, 4.69) is 16.0 Å². The van der Waals surface area contributed by atoms with Crippen molar-refractivity contribution in [3.05, 3.63) is 0 Å². The zero-order chi connectivity index (χ0) is 24.3. The third-order valence-electron chi connectivity index (χ3n) is 4.63. The second kappa shape index (κ2) is 14.3. The quantitative estimate of drug-likeness (QED) is 0.204. The first kappa shape index (κ1) is 29.1. The molecule has 0 spiro atoms. The summed E-state index contributed by atoms with van der Waals surface area (Å²) in [7, 11) is 0. The molecule has 5 unspecified atom stereocenters. The number of thioether (sulfide) groups is 1. The molecular formula is C20H38N4O6S. The smallest absolute Gasteiger partial charge is 0.326 e. The summed E-state index contributed by atoms with van der Waals surface area (Å²) < 4.78 is 0. The van der Waals surface area contributed by atoms with Crippen molar-refractivity contribution in [3.63, 3.8) is 0 Å². The summed E-state index contributed by atoms with van der Waals surface area (Å²) in [5.41, 5.74) is 5.64. The fraction of sp³-hybridized carbons (Fsp3) is 0.800. The molecule has 7 N–H and O–H groups in total. The van der Waals surface area contributed by atoms with Gasteiger partial charge in [-0.1, -0.05) is 27.7 Å². The fourth-order valence-electron chi connectivity index (χ4n) is 2.73. The summed E-state index contributed by atoms with van der Waals surface area (Å²) in [5, 5.41) is 26.5. The number of hydrogen-bond acceptors (Lipinski definition) is 7. The van der Waals surface area contributed by atoms with Crippen LogP contribution in [0.1, 0.15) is 47.5 Å². The molecule has 5 atom stereocenters. The van der Waals surface area contributed by atoms with Crippen LogP contribution in [0.5, 0.6) is 0 Å². The minimum atomic E-state index is -1.19. The second-order valence-corrected chi connectivity index (χ2v) is 9.35. The molecule has 0 aliphatic rings. The average molecular weight is 463 g/mol. The molecule has 0 aliphatic heterocycles. The lowest BCUT2D eigenvalue weighted by molar-refractivity contribution is -0.143. The molecule has 0 aromatic rings. The number of carbonyl (C=O) groups is 4. The van der Waals surface area contributed by atoms with Gasteiger partial charge in [0.15, 0.2) is 0 Å². The van der Waals surface area contributed by atoms with Crippen molar-refractivity contribution in [1.29, 1.82) is 0 Å². The van der Waals surface area contributed by atoms with Crippen LogP contribution in [0.15, 0.2) is 0 Å². The minimum absolute atomic E-state index is 0.0535. The van der Waals surface area contributed by atoms with E-state index >= 15 is 0 Å². The van der Waals surface area contributed by atoms with E-state index in [0.717, 1.165) is 0 Å². The molecule has 0 aliphatic carbocycles. The number of nitrogens with one attached hydrogen (secondary N) is 3. The minimum Gasteiger partial charge on any atom is -0.480 e. The van der Waals surface area contributed by atoms with Crippen LogP contribution in [0.3, 0.4) is 0 Å². The molecule has 0 aromatic heterocycles. The number of carbonyl (C=O) groups excluding carboxylic acids is 3. The molecule has 0 aromatic carbocycles. The van der Waals surface area contributed by atoms with E-state index in [1.54, 1.807) is 13.8 Å². The molecule has 10 nitrogen and oxygen atoms in total. The second-order valence-electron chi connectivity index (χ2n) is 8.37. The van der Waals surface area contributed by atoms with Crippen molar-refractivity contribution >= 4 is 35.5 Å². The van der Waals surface area contributed by atoms with Crippen LogP contribution < -0.4 is 21.7 Å². The Hall–Kier alpha value is -1.85. The highest BCUT2D eigenvalue weighted by atomic mass is 32.2. The summed E-state index contributed by atoms with van der Waals surface area (Å²) in [4.78, 5) is 49.3. The Bertz CT molecular complexity index is 614. The summed E-state index contributed by atoms with van der Waals surface area (Å²) in [6.45, 7) is 8.51. The first-order chi connectivity index (χ1) is 14.3. The van der Waals surface area contributed by atoms with Crippen molar-refractivity contribution in [3.8, 4) is 0 Å². The molecule has 0 fully saturated rings. The first-order valence-corrected chi connectivity index (χ1v) is 11.8. The van der Waals surface area contributed by atoms with Gasteiger partial charge < -0.3 is 31.9 Å². The summed E-state index contributed by atoms with van der Waals surface area (Å²) in [6, 6.07) is -4.20. The van der Waals surface area contributed by atoms with Crippen LogP contribution >= 0.6 is 11.8 Å². The van der Waals surface area contributed by atoms with E-state index in [-0.39, 0.29) is 18.3 Å². The zero-order valence-electron chi connectivity index (χ0n) is 19.2. The van der Waals surface area contributed by atoms with Gasteiger partial charge in [-0.05, 0) is 43.6 Å². The summed E-state index contributed by atoms with van der Waals surface area (Å²) >= 11 is 1.48. The average Bonchev–Trinajstić information content (AvgIpc) is 2.66. The van der Waals surface area contributed by atoms with Gasteiger partial charge in [-0.2, -0.15) is 11.8 Å². The largest absolute Gasteiger partial charge is 0.480 e. The van der Waals surface area contributed by atoms with E-state index in [9.17, 15) is 29.4 Å². The van der Waals surface area contributed by atoms with Gasteiger partial charge >= 0.3 is 5.97 Å². The number of aliphatic carboxylic acids is 1. The van der Waals surface area contributed by atoms with Gasteiger partial charge in [0.25, 0.3) is 0 Å². The Balaban J connectivity index is 5.38. The SMILES string of the molecule is CSCCC(NC(=O)C(N)C(C)O)C(=O)NC(C(=O)NC(CC(C)C)C(=O)O)C(C)C. The first-order valence-electron chi connectivity index (χ1n) is 10.4. The monoisotopic (exact) mass is 462 g/mol. The van der Waals surface area contributed by atoms with Crippen molar-refractivity contribution in [2.24, 2.45) is 17.6 Å². The van der Waals surface area contributed by atoms with E-state index in [1.165, 1.54) is 18.7 Å². The third-order valence-corrected chi connectivity index (χ3v) is 5.28. The Morgan fingerprint density at radius 1 is 0.903 bits per heavy atom. The van der Waals surface area contributed by atoms with Crippen LogP contribution in [0.25, 0.3) is 0 Å². The number of aliphatic hydroxyl groups excluding tert-OH is 1. The normalized spacial score (nSPS) is 16.2. The molecule has 3 amide bonds. The predicted octanol–water partition coefficient (Wildman–Crippen LogP) is -0.311. The highest BCUT2D eigenvalue weighted by Crippen LogP contribution is 2.09. The Morgan fingerprint density at radius 3 is 1.87 bits per heavy atom. The van der Waals surface area contributed by atoms with Gasteiger partial charge in [-0.25, -0.2) is 4.79 Å². The van der Waals surface area contributed by atoms with Gasteiger partial charge in [0, 0.05) is 0 Å². The lowest BCUT2D eigenvalue weighted by Gasteiger charge is -2.27. The van der Waals surface area contributed by atoms with Gasteiger partial charge in [-0.15, -0.1) is 0 Å². The topological polar surface area (TPSA) is 171 Å². The van der Waals surface area contributed by atoms with Crippen LogP contribution in [-0.2, 0) is 19.2 Å². The fourth-order valence-corrected chi connectivity index (χ4v) is 3.21. The van der Waals surface area contributed by atoms with E-state index < -0.39 is 54.0 Å². The lowest BCUT2D eigenvalue weighted by atomic mass is 10.00. The van der Waals surface area contributed by atoms with E-state index in [1.807, 2.05) is 20.1 Å². The highest BCUT2D eigenvalue weighted by molar-refractivity contribution is 7.98. The highest BCUT2D eigenvalue weighted by Gasteiger charge is 2.32. The van der Waals surface area contributed by atoms with Crippen LogP contribution in [-0.4, -0.2) is 76.2 Å². The molecule has 0 bridgehead atoms. The Labute approximate surface area is 188 Å². The lowest BCUT2D eigenvalue weighted by Crippen LogP contribution is -2.59. The molecule has 0 rings (SSSR count). The maximum atomic E-state index is 12.9. The maximum Gasteiger partial charge on any atom is 0.326 e. The van der Waals surface area contributed by atoms with Gasteiger partial charge in [0.05, 0.1) is 6.10 Å². The Morgan fingerprint density at radius 2 is 1.45 bits per heavy atom. The molecule has 31 heavy (non-hydrogen) atoms. The van der Waals surface area contributed by atoms with Gasteiger partial charge in [-0.3, -0.25) is 14.4 Å². The Kier molecular flexibility index (Phi) is 13.4.